The minimum absolute atomic E-state index is 0.499. The molecule has 0 spiro atoms. The second-order valence-corrected chi connectivity index (χ2v) is 5.30. The zero-order valence-electron chi connectivity index (χ0n) is 10.5. The van der Waals surface area contributed by atoms with Gasteiger partial charge in [0, 0.05) is 24.8 Å². The Morgan fingerprint density at radius 3 is 2.50 bits per heavy atom. The minimum Gasteiger partial charge on any atom is -0.399 e. The van der Waals surface area contributed by atoms with E-state index in [0.29, 0.717) is 6.04 Å². The zero-order chi connectivity index (χ0) is 11.7. The van der Waals surface area contributed by atoms with Crippen LogP contribution in [0.5, 0.6) is 0 Å². The van der Waals surface area contributed by atoms with Crippen LogP contribution in [0.2, 0.25) is 0 Å². The molecule has 1 atom stereocenters. The number of likely N-dealkylation sites (tertiary alicyclic amines) is 1. The predicted molar refractivity (Wildman–Crippen MR) is 69.2 cm³/mol. The fraction of sp³-hybridized carbons (Fsp3) is 0.571. The summed E-state index contributed by atoms with van der Waals surface area (Å²) in [5, 5.41) is 0. The van der Waals surface area contributed by atoms with Crippen LogP contribution in [-0.2, 0) is 0 Å². The quantitative estimate of drug-likeness (QED) is 0.790. The van der Waals surface area contributed by atoms with Crippen molar-refractivity contribution in [2.45, 2.75) is 26.8 Å². The van der Waals surface area contributed by atoms with E-state index in [9.17, 15) is 0 Å². The van der Waals surface area contributed by atoms with Gasteiger partial charge in [0.1, 0.15) is 0 Å². The van der Waals surface area contributed by atoms with Crippen LogP contribution in [0.25, 0.3) is 0 Å². The van der Waals surface area contributed by atoms with E-state index in [1.807, 2.05) is 12.1 Å². The summed E-state index contributed by atoms with van der Waals surface area (Å²) in [4.78, 5) is 2.53. The van der Waals surface area contributed by atoms with Gasteiger partial charge in [-0.3, -0.25) is 4.90 Å². The molecule has 1 fully saturated rings. The van der Waals surface area contributed by atoms with Crippen LogP contribution in [0.4, 0.5) is 5.69 Å². The first-order valence-corrected chi connectivity index (χ1v) is 6.17. The summed E-state index contributed by atoms with van der Waals surface area (Å²) in [5.74, 6) is 1.69. The molecule has 1 aromatic carbocycles. The van der Waals surface area contributed by atoms with Crippen LogP contribution in [0, 0.1) is 11.8 Å². The third-order valence-electron chi connectivity index (χ3n) is 3.82. The fourth-order valence-electron chi connectivity index (χ4n) is 2.32. The molecule has 0 saturated carbocycles. The standard InChI is InChI=1S/C14H22N2/c1-10(2)13-8-16(9-13)11(3)12-5-4-6-14(15)7-12/h4-7,10-11,13H,8-9,15H2,1-3H3. The van der Waals surface area contributed by atoms with Crippen LogP contribution in [-0.4, -0.2) is 18.0 Å². The number of nitrogens with zero attached hydrogens (tertiary/aromatic N) is 1. The van der Waals surface area contributed by atoms with Gasteiger partial charge < -0.3 is 5.73 Å². The normalized spacial score (nSPS) is 19.8. The summed E-state index contributed by atoms with van der Waals surface area (Å²) in [7, 11) is 0. The number of benzene rings is 1. The summed E-state index contributed by atoms with van der Waals surface area (Å²) >= 11 is 0. The summed E-state index contributed by atoms with van der Waals surface area (Å²) in [5.41, 5.74) is 8.01. The van der Waals surface area contributed by atoms with E-state index < -0.39 is 0 Å². The predicted octanol–water partition coefficient (Wildman–Crippen LogP) is 2.92. The van der Waals surface area contributed by atoms with Crippen molar-refractivity contribution >= 4 is 5.69 Å². The van der Waals surface area contributed by atoms with E-state index in [0.717, 1.165) is 17.5 Å². The Bertz CT molecular complexity index is 354. The molecule has 88 valence electrons. The van der Waals surface area contributed by atoms with Gasteiger partial charge in [0.25, 0.3) is 0 Å². The average Bonchev–Trinajstić information content (AvgIpc) is 2.14. The molecule has 1 unspecified atom stereocenters. The van der Waals surface area contributed by atoms with E-state index in [2.05, 4.69) is 37.8 Å². The summed E-state index contributed by atoms with van der Waals surface area (Å²) in [6, 6.07) is 8.75. The molecule has 0 bridgehead atoms. The van der Waals surface area contributed by atoms with Crippen LogP contribution in [0.15, 0.2) is 24.3 Å². The van der Waals surface area contributed by atoms with Gasteiger partial charge in [-0.05, 0) is 36.5 Å². The topological polar surface area (TPSA) is 29.3 Å². The first-order chi connectivity index (χ1) is 7.58. The molecule has 2 N–H and O–H groups in total. The van der Waals surface area contributed by atoms with Gasteiger partial charge in [-0.1, -0.05) is 26.0 Å². The lowest BCUT2D eigenvalue weighted by Crippen LogP contribution is -2.49. The maximum Gasteiger partial charge on any atom is 0.0320 e. The van der Waals surface area contributed by atoms with Gasteiger partial charge in [-0.2, -0.15) is 0 Å². The highest BCUT2D eigenvalue weighted by molar-refractivity contribution is 5.41. The molecular weight excluding hydrogens is 196 g/mol. The lowest BCUT2D eigenvalue weighted by Gasteiger charge is -2.45. The van der Waals surface area contributed by atoms with Crippen molar-refractivity contribution in [3.63, 3.8) is 0 Å². The molecular formula is C14H22N2. The second kappa shape index (κ2) is 4.46. The van der Waals surface area contributed by atoms with Gasteiger partial charge in [0.15, 0.2) is 0 Å². The van der Waals surface area contributed by atoms with Crippen molar-refractivity contribution in [2.75, 3.05) is 18.8 Å². The molecule has 16 heavy (non-hydrogen) atoms. The van der Waals surface area contributed by atoms with Crippen molar-refractivity contribution in [1.82, 2.24) is 4.90 Å². The van der Waals surface area contributed by atoms with Crippen molar-refractivity contribution in [3.05, 3.63) is 29.8 Å². The zero-order valence-corrected chi connectivity index (χ0v) is 10.5. The molecule has 1 aliphatic heterocycles. The van der Waals surface area contributed by atoms with Gasteiger partial charge >= 0.3 is 0 Å². The molecule has 0 aromatic heterocycles. The number of nitrogens with two attached hydrogens (primary N) is 1. The summed E-state index contributed by atoms with van der Waals surface area (Å²) in [6.07, 6.45) is 0. The van der Waals surface area contributed by atoms with E-state index in [1.165, 1.54) is 18.7 Å². The highest BCUT2D eigenvalue weighted by Gasteiger charge is 2.32. The Labute approximate surface area is 98.4 Å². The molecule has 2 nitrogen and oxygen atoms in total. The third kappa shape index (κ3) is 2.22. The monoisotopic (exact) mass is 218 g/mol. The molecule has 0 amide bonds. The van der Waals surface area contributed by atoms with Gasteiger partial charge in [0.2, 0.25) is 0 Å². The molecule has 1 heterocycles. The van der Waals surface area contributed by atoms with Crippen LogP contribution in [0.3, 0.4) is 0 Å². The average molecular weight is 218 g/mol. The fourth-order valence-corrected chi connectivity index (χ4v) is 2.32. The summed E-state index contributed by atoms with van der Waals surface area (Å²) < 4.78 is 0. The second-order valence-electron chi connectivity index (χ2n) is 5.30. The number of anilines is 1. The molecule has 2 heteroatoms. The lowest BCUT2D eigenvalue weighted by atomic mass is 9.86. The summed E-state index contributed by atoms with van der Waals surface area (Å²) in [6.45, 7) is 9.35. The lowest BCUT2D eigenvalue weighted by molar-refractivity contribution is 0.0337. The molecule has 1 saturated heterocycles. The third-order valence-corrected chi connectivity index (χ3v) is 3.82. The van der Waals surface area contributed by atoms with E-state index in [-0.39, 0.29) is 0 Å². The van der Waals surface area contributed by atoms with Crippen molar-refractivity contribution in [1.29, 1.82) is 0 Å². The smallest absolute Gasteiger partial charge is 0.0320 e. The molecule has 1 aliphatic rings. The van der Waals surface area contributed by atoms with Crippen molar-refractivity contribution in [3.8, 4) is 0 Å². The van der Waals surface area contributed by atoms with E-state index in [4.69, 9.17) is 5.73 Å². The SMILES string of the molecule is CC(C)C1CN(C(C)c2cccc(N)c2)C1. The first-order valence-electron chi connectivity index (χ1n) is 6.17. The minimum atomic E-state index is 0.499. The molecule has 1 aromatic rings. The Kier molecular flexibility index (Phi) is 3.20. The van der Waals surface area contributed by atoms with Crippen LogP contribution < -0.4 is 5.73 Å². The van der Waals surface area contributed by atoms with Crippen molar-refractivity contribution < 1.29 is 0 Å². The van der Waals surface area contributed by atoms with Gasteiger partial charge in [-0.15, -0.1) is 0 Å². The highest BCUT2D eigenvalue weighted by Crippen LogP contribution is 2.32. The maximum atomic E-state index is 5.81. The molecule has 2 rings (SSSR count). The Morgan fingerprint density at radius 2 is 1.94 bits per heavy atom. The van der Waals surface area contributed by atoms with Crippen molar-refractivity contribution in [2.24, 2.45) is 11.8 Å². The Balaban J connectivity index is 1.97. The number of nitrogen functional groups attached to an aromatic ring is 1. The Morgan fingerprint density at radius 1 is 1.25 bits per heavy atom. The first kappa shape index (κ1) is 11.5. The molecule has 0 aliphatic carbocycles. The van der Waals surface area contributed by atoms with E-state index >= 15 is 0 Å². The van der Waals surface area contributed by atoms with Gasteiger partial charge in [-0.25, -0.2) is 0 Å². The van der Waals surface area contributed by atoms with Crippen LogP contribution >= 0.6 is 0 Å². The van der Waals surface area contributed by atoms with E-state index in [1.54, 1.807) is 0 Å². The number of hydrogen-bond acceptors (Lipinski definition) is 2. The van der Waals surface area contributed by atoms with Crippen LogP contribution in [0.1, 0.15) is 32.4 Å². The number of rotatable bonds is 3. The number of hydrogen-bond donors (Lipinski definition) is 1. The Hall–Kier alpha value is -1.02. The largest absolute Gasteiger partial charge is 0.399 e. The highest BCUT2D eigenvalue weighted by atomic mass is 15.2. The molecule has 0 radical (unpaired) electrons. The van der Waals surface area contributed by atoms with Gasteiger partial charge in [0.05, 0.1) is 0 Å². The maximum absolute atomic E-state index is 5.81.